The largest absolute Gasteiger partial charge is 0.376 e. The molecule has 0 aromatic carbocycles. The van der Waals surface area contributed by atoms with E-state index in [1.807, 2.05) is 7.05 Å². The summed E-state index contributed by atoms with van der Waals surface area (Å²) in [7, 11) is 3.61. The Morgan fingerprint density at radius 3 is 2.33 bits per heavy atom. The molecule has 0 unspecified atom stereocenters. The minimum absolute atomic E-state index is 0.0128. The molecule has 1 fully saturated rings. The molecule has 104 valence electrons. The fraction of sp³-hybridized carbons (Fsp3) is 0.867. The van der Waals surface area contributed by atoms with Crippen LogP contribution in [0.25, 0.3) is 0 Å². The van der Waals surface area contributed by atoms with Gasteiger partial charge >= 0.3 is 0 Å². The van der Waals surface area contributed by atoms with Gasteiger partial charge in [-0.05, 0) is 25.3 Å². The normalized spacial score (nSPS) is 36.3. The standard InChI is InChI=1S/C15H27NO2/c1-8-15(16-6)13(11(4)5)18-12(9-10(2)3)14(15)17-7/h1,10-14,16H,9H2,2-7H3/t12-,13+,14-,15+/m1/s1. The average molecular weight is 253 g/mol. The molecule has 1 aliphatic heterocycles. The highest BCUT2D eigenvalue weighted by Gasteiger charge is 2.56. The average Bonchev–Trinajstić information content (AvgIpc) is 2.62. The van der Waals surface area contributed by atoms with Crippen molar-refractivity contribution in [3.8, 4) is 12.3 Å². The van der Waals surface area contributed by atoms with Crippen molar-refractivity contribution >= 4 is 0 Å². The summed E-state index contributed by atoms with van der Waals surface area (Å²) in [5.41, 5.74) is -0.525. The number of rotatable bonds is 5. The van der Waals surface area contributed by atoms with Gasteiger partial charge in [0.05, 0.1) is 12.2 Å². The summed E-state index contributed by atoms with van der Waals surface area (Å²) < 4.78 is 11.9. The number of methoxy groups -OCH3 is 1. The summed E-state index contributed by atoms with van der Waals surface area (Å²) >= 11 is 0. The minimum Gasteiger partial charge on any atom is -0.376 e. The lowest BCUT2D eigenvalue weighted by atomic mass is 9.81. The van der Waals surface area contributed by atoms with Crippen molar-refractivity contribution in [3.63, 3.8) is 0 Å². The molecule has 4 atom stereocenters. The SMILES string of the molecule is C#C[C@@]1(NC)[C@H](OC)[C@@H](CC(C)C)O[C@H]1C(C)C. The van der Waals surface area contributed by atoms with E-state index in [0.717, 1.165) is 6.42 Å². The van der Waals surface area contributed by atoms with Crippen LogP contribution in [0.2, 0.25) is 0 Å². The Bertz CT molecular complexity index is 308. The lowest BCUT2D eigenvalue weighted by Crippen LogP contribution is -2.58. The van der Waals surface area contributed by atoms with Crippen LogP contribution in [0.1, 0.15) is 34.1 Å². The molecule has 1 rings (SSSR count). The maximum atomic E-state index is 6.20. The summed E-state index contributed by atoms with van der Waals surface area (Å²) in [6.45, 7) is 8.66. The number of ether oxygens (including phenoxy) is 2. The minimum atomic E-state index is -0.525. The first-order chi connectivity index (χ1) is 8.42. The van der Waals surface area contributed by atoms with Crippen molar-refractivity contribution < 1.29 is 9.47 Å². The van der Waals surface area contributed by atoms with E-state index in [9.17, 15) is 0 Å². The first kappa shape index (κ1) is 15.5. The van der Waals surface area contributed by atoms with Crippen molar-refractivity contribution in [1.29, 1.82) is 0 Å². The molecule has 0 radical (unpaired) electrons. The van der Waals surface area contributed by atoms with Crippen molar-refractivity contribution in [2.45, 2.75) is 58.0 Å². The van der Waals surface area contributed by atoms with Crippen LogP contribution in [0.15, 0.2) is 0 Å². The maximum Gasteiger partial charge on any atom is 0.135 e. The van der Waals surface area contributed by atoms with E-state index in [4.69, 9.17) is 15.9 Å². The maximum absolute atomic E-state index is 6.20. The lowest BCUT2D eigenvalue weighted by Gasteiger charge is -2.34. The molecule has 1 N–H and O–H groups in total. The number of nitrogens with one attached hydrogen (secondary N) is 1. The third kappa shape index (κ3) is 2.56. The van der Waals surface area contributed by atoms with E-state index in [2.05, 4.69) is 38.9 Å². The van der Waals surface area contributed by atoms with E-state index >= 15 is 0 Å². The second kappa shape index (κ2) is 6.06. The van der Waals surface area contributed by atoms with Crippen molar-refractivity contribution in [2.24, 2.45) is 11.8 Å². The molecule has 1 aliphatic rings. The van der Waals surface area contributed by atoms with Gasteiger partial charge in [0, 0.05) is 7.11 Å². The van der Waals surface area contributed by atoms with Gasteiger partial charge in [-0.2, -0.15) is 0 Å². The lowest BCUT2D eigenvalue weighted by molar-refractivity contribution is -0.0264. The second-order valence-electron chi connectivity index (χ2n) is 5.89. The first-order valence-electron chi connectivity index (χ1n) is 6.77. The van der Waals surface area contributed by atoms with Crippen molar-refractivity contribution in [3.05, 3.63) is 0 Å². The summed E-state index contributed by atoms with van der Waals surface area (Å²) in [6, 6.07) is 0. The number of likely N-dealkylation sites (N-methyl/N-ethyl adjacent to an activating group) is 1. The first-order valence-corrected chi connectivity index (χ1v) is 6.77. The van der Waals surface area contributed by atoms with E-state index in [1.54, 1.807) is 7.11 Å². The molecular formula is C15H27NO2. The molecule has 3 nitrogen and oxygen atoms in total. The van der Waals surface area contributed by atoms with Gasteiger partial charge in [0.15, 0.2) is 0 Å². The Morgan fingerprint density at radius 1 is 1.39 bits per heavy atom. The van der Waals surface area contributed by atoms with Crippen LogP contribution in [0.4, 0.5) is 0 Å². The smallest absolute Gasteiger partial charge is 0.135 e. The van der Waals surface area contributed by atoms with Gasteiger partial charge in [-0.15, -0.1) is 6.42 Å². The Balaban J connectivity index is 3.07. The molecule has 1 heterocycles. The highest BCUT2D eigenvalue weighted by atomic mass is 16.6. The fourth-order valence-electron chi connectivity index (χ4n) is 3.01. The molecule has 3 heteroatoms. The monoisotopic (exact) mass is 253 g/mol. The van der Waals surface area contributed by atoms with Crippen LogP contribution in [0, 0.1) is 24.2 Å². The van der Waals surface area contributed by atoms with Gasteiger partial charge in [0.25, 0.3) is 0 Å². The summed E-state index contributed by atoms with van der Waals surface area (Å²) in [6.07, 6.45) is 6.71. The molecule has 0 spiro atoms. The molecular weight excluding hydrogens is 226 g/mol. The molecule has 0 aliphatic carbocycles. The van der Waals surface area contributed by atoms with Crippen LogP contribution < -0.4 is 5.32 Å². The van der Waals surface area contributed by atoms with Gasteiger partial charge < -0.3 is 9.47 Å². The van der Waals surface area contributed by atoms with Crippen LogP contribution in [-0.2, 0) is 9.47 Å². The van der Waals surface area contributed by atoms with E-state index in [1.165, 1.54) is 0 Å². The quantitative estimate of drug-likeness (QED) is 0.761. The number of hydrogen-bond acceptors (Lipinski definition) is 3. The molecule has 18 heavy (non-hydrogen) atoms. The van der Waals surface area contributed by atoms with E-state index in [0.29, 0.717) is 11.8 Å². The third-order valence-electron chi connectivity index (χ3n) is 3.77. The highest BCUT2D eigenvalue weighted by Crippen LogP contribution is 2.38. The van der Waals surface area contributed by atoms with E-state index < -0.39 is 5.54 Å². The Morgan fingerprint density at radius 2 is 2.00 bits per heavy atom. The molecule has 0 amide bonds. The Kier molecular flexibility index (Phi) is 5.21. The number of hydrogen-bond donors (Lipinski definition) is 1. The van der Waals surface area contributed by atoms with Crippen LogP contribution in [-0.4, -0.2) is 38.0 Å². The molecule has 0 aromatic rings. The van der Waals surface area contributed by atoms with Gasteiger partial charge in [-0.1, -0.05) is 33.6 Å². The summed E-state index contributed by atoms with van der Waals surface area (Å²) in [4.78, 5) is 0. The summed E-state index contributed by atoms with van der Waals surface area (Å²) in [5, 5.41) is 3.28. The zero-order valence-corrected chi connectivity index (χ0v) is 12.5. The van der Waals surface area contributed by atoms with Crippen molar-refractivity contribution in [2.75, 3.05) is 14.2 Å². The molecule has 0 bridgehead atoms. The van der Waals surface area contributed by atoms with Crippen LogP contribution >= 0.6 is 0 Å². The number of terminal acetylenes is 1. The van der Waals surface area contributed by atoms with Gasteiger partial charge in [0.1, 0.15) is 11.6 Å². The van der Waals surface area contributed by atoms with Gasteiger partial charge in [-0.25, -0.2) is 0 Å². The Labute approximate surface area is 112 Å². The van der Waals surface area contributed by atoms with Crippen LogP contribution in [0.3, 0.4) is 0 Å². The highest BCUT2D eigenvalue weighted by molar-refractivity contribution is 5.25. The van der Waals surface area contributed by atoms with Crippen molar-refractivity contribution in [1.82, 2.24) is 5.32 Å². The van der Waals surface area contributed by atoms with Gasteiger partial charge in [-0.3, -0.25) is 5.32 Å². The van der Waals surface area contributed by atoms with E-state index in [-0.39, 0.29) is 18.3 Å². The second-order valence-corrected chi connectivity index (χ2v) is 5.89. The third-order valence-corrected chi connectivity index (χ3v) is 3.77. The zero-order valence-electron chi connectivity index (χ0n) is 12.5. The van der Waals surface area contributed by atoms with Gasteiger partial charge in [0.2, 0.25) is 0 Å². The zero-order chi connectivity index (χ0) is 13.9. The van der Waals surface area contributed by atoms with Crippen LogP contribution in [0.5, 0.6) is 0 Å². The predicted molar refractivity (Wildman–Crippen MR) is 74.4 cm³/mol. The predicted octanol–water partition coefficient (Wildman–Crippen LogP) is 2.06. The topological polar surface area (TPSA) is 30.5 Å². The Hall–Kier alpha value is -0.560. The fourth-order valence-corrected chi connectivity index (χ4v) is 3.01. The molecule has 0 saturated carbocycles. The summed E-state index contributed by atoms with van der Waals surface area (Å²) in [5.74, 6) is 3.81. The molecule has 0 aromatic heterocycles. The molecule has 1 saturated heterocycles.